The van der Waals surface area contributed by atoms with Gasteiger partial charge in [-0.05, 0) is 49.4 Å². The Bertz CT molecular complexity index is 1160. The zero-order valence-electron chi connectivity index (χ0n) is 14.8. The van der Waals surface area contributed by atoms with Gasteiger partial charge in [0, 0.05) is 11.2 Å². The van der Waals surface area contributed by atoms with Crippen LogP contribution >= 0.6 is 11.6 Å². The molecule has 0 aliphatic carbocycles. The van der Waals surface area contributed by atoms with E-state index < -0.39 is 11.5 Å². The molecule has 2 aromatic heterocycles. The first-order chi connectivity index (χ1) is 13.5. The van der Waals surface area contributed by atoms with E-state index >= 15 is 0 Å². The molecule has 0 spiro atoms. The number of fused-ring (bicyclic) bond motifs is 1. The summed E-state index contributed by atoms with van der Waals surface area (Å²) in [6.07, 6.45) is 2.66. The van der Waals surface area contributed by atoms with E-state index in [1.807, 2.05) is 0 Å². The Hall–Kier alpha value is -3.63. The second-order valence-electron chi connectivity index (χ2n) is 5.51. The third-order valence-electron chi connectivity index (χ3n) is 3.67. The number of benzene rings is 1. The van der Waals surface area contributed by atoms with Gasteiger partial charge in [-0.2, -0.15) is 10.2 Å². The summed E-state index contributed by atoms with van der Waals surface area (Å²) >= 11 is 5.88. The summed E-state index contributed by atoms with van der Waals surface area (Å²) in [6, 6.07) is 13.3. The molecule has 0 radical (unpaired) electrons. The Kier molecular flexibility index (Phi) is 5.72. The number of hydrogen-bond acceptors (Lipinski definition) is 6. The van der Waals surface area contributed by atoms with Crippen molar-refractivity contribution in [1.82, 2.24) is 9.38 Å². The smallest absolute Gasteiger partial charge is 0.348 e. The quantitative estimate of drug-likeness (QED) is 0.372. The molecule has 140 valence electrons. The SMILES string of the molecule is CCOC(=O)C(C#N)=Cc1c(Oc2ccc(Cl)cc2)nc2ccccn2c1=O. The number of rotatable bonds is 5. The van der Waals surface area contributed by atoms with E-state index in [0.717, 1.165) is 6.08 Å². The molecular weight excluding hydrogens is 382 g/mol. The summed E-state index contributed by atoms with van der Waals surface area (Å²) in [5.41, 5.74) is -0.532. The maximum absolute atomic E-state index is 12.9. The van der Waals surface area contributed by atoms with E-state index in [2.05, 4.69) is 4.98 Å². The van der Waals surface area contributed by atoms with E-state index in [9.17, 15) is 14.9 Å². The van der Waals surface area contributed by atoms with Gasteiger partial charge in [0.15, 0.2) is 0 Å². The molecule has 0 fully saturated rings. The molecule has 0 unspecified atom stereocenters. The van der Waals surface area contributed by atoms with Crippen LogP contribution in [-0.2, 0) is 9.53 Å². The minimum Gasteiger partial charge on any atom is -0.462 e. The van der Waals surface area contributed by atoms with Gasteiger partial charge in [0.2, 0.25) is 5.88 Å². The summed E-state index contributed by atoms with van der Waals surface area (Å²) < 4.78 is 11.9. The highest BCUT2D eigenvalue weighted by Gasteiger charge is 2.17. The molecule has 0 saturated heterocycles. The average Bonchev–Trinajstić information content (AvgIpc) is 2.70. The Morgan fingerprint density at radius 2 is 2.04 bits per heavy atom. The van der Waals surface area contributed by atoms with Crippen molar-refractivity contribution < 1.29 is 14.3 Å². The van der Waals surface area contributed by atoms with Gasteiger partial charge in [-0.1, -0.05) is 17.7 Å². The summed E-state index contributed by atoms with van der Waals surface area (Å²) in [7, 11) is 0. The predicted molar refractivity (Wildman–Crippen MR) is 103 cm³/mol. The van der Waals surface area contributed by atoms with Crippen LogP contribution in [0.3, 0.4) is 0 Å². The highest BCUT2D eigenvalue weighted by Crippen LogP contribution is 2.25. The number of ether oxygens (including phenoxy) is 2. The molecule has 0 saturated carbocycles. The first kappa shape index (κ1) is 19.1. The van der Waals surface area contributed by atoms with Crippen molar-refractivity contribution in [3.63, 3.8) is 0 Å². The molecule has 0 atom stereocenters. The van der Waals surface area contributed by atoms with Gasteiger partial charge in [-0.25, -0.2) is 4.79 Å². The van der Waals surface area contributed by atoms with Crippen molar-refractivity contribution >= 4 is 29.3 Å². The van der Waals surface area contributed by atoms with E-state index in [1.165, 1.54) is 10.6 Å². The van der Waals surface area contributed by atoms with Crippen LogP contribution in [0, 0.1) is 11.3 Å². The molecule has 0 aliphatic heterocycles. The van der Waals surface area contributed by atoms with E-state index in [4.69, 9.17) is 21.1 Å². The molecule has 7 nitrogen and oxygen atoms in total. The van der Waals surface area contributed by atoms with Crippen LogP contribution in [0.15, 0.2) is 59.0 Å². The lowest BCUT2D eigenvalue weighted by molar-refractivity contribution is -0.137. The van der Waals surface area contributed by atoms with Gasteiger partial charge in [0.1, 0.15) is 28.6 Å². The summed E-state index contributed by atoms with van der Waals surface area (Å²) in [5.74, 6) is -0.489. The number of carbonyl (C=O) groups excluding carboxylic acids is 1. The molecule has 0 aliphatic rings. The normalized spacial score (nSPS) is 11.1. The third-order valence-corrected chi connectivity index (χ3v) is 3.92. The number of halogens is 1. The number of nitriles is 1. The second kappa shape index (κ2) is 8.37. The second-order valence-corrected chi connectivity index (χ2v) is 5.95. The summed E-state index contributed by atoms with van der Waals surface area (Å²) in [6.45, 7) is 1.72. The van der Waals surface area contributed by atoms with Crippen LogP contribution in [0.4, 0.5) is 0 Å². The van der Waals surface area contributed by atoms with Gasteiger partial charge in [-0.3, -0.25) is 9.20 Å². The Balaban J connectivity index is 2.19. The number of esters is 1. The summed E-state index contributed by atoms with van der Waals surface area (Å²) in [5, 5.41) is 9.82. The van der Waals surface area contributed by atoms with Crippen LogP contribution in [-0.4, -0.2) is 22.0 Å². The minimum atomic E-state index is -0.833. The fraction of sp³-hybridized carbons (Fsp3) is 0.100. The number of nitrogens with zero attached hydrogens (tertiary/aromatic N) is 3. The molecule has 3 aromatic rings. The zero-order chi connectivity index (χ0) is 20.1. The first-order valence-corrected chi connectivity index (χ1v) is 8.65. The van der Waals surface area contributed by atoms with Crippen LogP contribution in [0.1, 0.15) is 12.5 Å². The topological polar surface area (TPSA) is 93.7 Å². The highest BCUT2D eigenvalue weighted by molar-refractivity contribution is 6.30. The number of carbonyl (C=O) groups is 1. The predicted octanol–water partition coefficient (Wildman–Crippen LogP) is 3.61. The number of aromatic nitrogens is 2. The summed E-state index contributed by atoms with van der Waals surface area (Å²) in [4.78, 5) is 29.3. The average molecular weight is 396 g/mol. The molecule has 28 heavy (non-hydrogen) atoms. The number of hydrogen-bond donors (Lipinski definition) is 0. The van der Waals surface area contributed by atoms with E-state index in [1.54, 1.807) is 55.5 Å². The molecule has 0 bridgehead atoms. The Labute approximate surface area is 165 Å². The standard InChI is InChI=1S/C20H14ClN3O4/c1-2-27-20(26)13(12-22)11-16-18(28-15-8-6-14(21)7-9-15)23-17-5-3-4-10-24(17)19(16)25/h3-11H,2H2,1H3. The molecule has 8 heteroatoms. The first-order valence-electron chi connectivity index (χ1n) is 8.27. The zero-order valence-corrected chi connectivity index (χ0v) is 15.5. The highest BCUT2D eigenvalue weighted by atomic mass is 35.5. The maximum atomic E-state index is 12.9. The van der Waals surface area contributed by atoms with Gasteiger partial charge in [0.25, 0.3) is 5.56 Å². The van der Waals surface area contributed by atoms with Gasteiger partial charge >= 0.3 is 5.97 Å². The molecule has 3 rings (SSSR count). The van der Waals surface area contributed by atoms with Crippen molar-refractivity contribution in [2.24, 2.45) is 0 Å². The third kappa shape index (κ3) is 4.03. The van der Waals surface area contributed by atoms with Crippen molar-refractivity contribution in [3.05, 3.63) is 75.2 Å². The monoisotopic (exact) mass is 395 g/mol. The van der Waals surface area contributed by atoms with Crippen molar-refractivity contribution in [1.29, 1.82) is 5.26 Å². The Morgan fingerprint density at radius 3 is 2.71 bits per heavy atom. The molecule has 2 heterocycles. The minimum absolute atomic E-state index is 0.0458. The van der Waals surface area contributed by atoms with E-state index in [0.29, 0.717) is 16.4 Å². The van der Waals surface area contributed by atoms with Crippen molar-refractivity contribution in [2.45, 2.75) is 6.92 Å². The van der Waals surface area contributed by atoms with E-state index in [-0.39, 0.29) is 23.6 Å². The van der Waals surface area contributed by atoms with Crippen molar-refractivity contribution in [3.8, 4) is 17.7 Å². The lowest BCUT2D eigenvalue weighted by atomic mass is 10.2. The van der Waals surface area contributed by atoms with Crippen LogP contribution < -0.4 is 10.3 Å². The van der Waals surface area contributed by atoms with Crippen molar-refractivity contribution in [2.75, 3.05) is 6.61 Å². The van der Waals surface area contributed by atoms with Crippen LogP contribution in [0.5, 0.6) is 11.6 Å². The van der Waals surface area contributed by atoms with Crippen LogP contribution in [0.25, 0.3) is 11.7 Å². The molecule has 0 amide bonds. The lowest BCUT2D eigenvalue weighted by Gasteiger charge is -2.10. The fourth-order valence-corrected chi connectivity index (χ4v) is 2.51. The fourth-order valence-electron chi connectivity index (χ4n) is 2.39. The van der Waals surface area contributed by atoms with Gasteiger partial charge < -0.3 is 9.47 Å². The molecule has 1 aromatic carbocycles. The van der Waals surface area contributed by atoms with Gasteiger partial charge in [0.05, 0.1) is 6.61 Å². The van der Waals surface area contributed by atoms with Crippen LogP contribution in [0.2, 0.25) is 5.02 Å². The Morgan fingerprint density at radius 1 is 1.29 bits per heavy atom. The largest absolute Gasteiger partial charge is 0.462 e. The lowest BCUT2D eigenvalue weighted by Crippen LogP contribution is -2.19. The molecule has 0 N–H and O–H groups in total. The number of pyridine rings is 1. The molecular formula is C20H14ClN3O4. The van der Waals surface area contributed by atoms with Gasteiger partial charge in [-0.15, -0.1) is 0 Å². The maximum Gasteiger partial charge on any atom is 0.348 e.